The Morgan fingerprint density at radius 3 is 2.05 bits per heavy atom. The van der Waals surface area contributed by atoms with Crippen molar-refractivity contribution in [3.63, 3.8) is 0 Å². The predicted octanol–water partition coefficient (Wildman–Crippen LogP) is 7.11. The first kappa shape index (κ1) is 52.5. The highest BCUT2D eigenvalue weighted by Crippen LogP contribution is 2.32. The van der Waals surface area contributed by atoms with Gasteiger partial charge < -0.3 is 24.2 Å². The monoisotopic (exact) mass is 881 g/mol. The molecule has 0 N–H and O–H groups in total. The number of hydrogen-bond acceptors (Lipinski definition) is 9. The average molecular weight is 881 g/mol. The molecule has 0 radical (unpaired) electrons. The van der Waals surface area contributed by atoms with Crippen molar-refractivity contribution in [2.45, 2.75) is 149 Å². The molecule has 0 saturated carbocycles. The number of likely N-dealkylation sites (tertiary alicyclic amines) is 1. The molecular weight excluding hydrogens is 805 g/mol. The number of Topliss-reactive ketones (excluding diaryl/α,β-unsaturated/α-hetero) is 1. The predicted molar refractivity (Wildman–Crippen MR) is 247 cm³/mol. The number of carbonyl (C=O) groups excluding carboxylic acids is 6. The Kier molecular flexibility index (Phi) is 21.6. The molecule has 346 valence electrons. The van der Waals surface area contributed by atoms with Crippen LogP contribution < -0.4 is 0 Å². The van der Waals surface area contributed by atoms with E-state index in [2.05, 4.69) is 32.9 Å². The van der Waals surface area contributed by atoms with Crippen molar-refractivity contribution in [3.05, 3.63) is 48.0 Å². The largest absolute Gasteiger partial charge is 0.379 e. The van der Waals surface area contributed by atoms with Gasteiger partial charge in [-0.2, -0.15) is 0 Å². The maximum atomic E-state index is 14.6. The first-order chi connectivity index (χ1) is 29.4. The van der Waals surface area contributed by atoms with Crippen LogP contribution in [0.2, 0.25) is 0 Å². The minimum absolute atomic E-state index is 0.0199. The number of carbonyl (C=O) groups is 6. The minimum Gasteiger partial charge on any atom is -0.379 e. The molecule has 2 aliphatic rings. The van der Waals surface area contributed by atoms with Crippen LogP contribution in [0, 0.1) is 29.6 Å². The van der Waals surface area contributed by atoms with Gasteiger partial charge in [0.25, 0.3) is 11.8 Å². The van der Waals surface area contributed by atoms with Crippen LogP contribution in [0.3, 0.4) is 0 Å². The van der Waals surface area contributed by atoms with Crippen molar-refractivity contribution in [1.29, 1.82) is 0 Å². The Bertz CT molecular complexity index is 1680. The number of hydrogen-bond donors (Lipinski definition) is 0. The fourth-order valence-corrected chi connectivity index (χ4v) is 9.66. The van der Waals surface area contributed by atoms with Crippen LogP contribution in [0.4, 0.5) is 0 Å². The smallest absolute Gasteiger partial charge is 0.253 e. The lowest BCUT2D eigenvalue weighted by Crippen LogP contribution is -2.54. The van der Waals surface area contributed by atoms with Gasteiger partial charge in [-0.15, -0.1) is 0 Å². The summed E-state index contributed by atoms with van der Waals surface area (Å²) in [4.78, 5) is 87.5. The number of thiocarbonyl (C=S) groups is 1. The Balaban J connectivity index is 1.69. The maximum absolute atomic E-state index is 14.6. The van der Waals surface area contributed by atoms with E-state index in [4.69, 9.17) is 21.7 Å². The normalized spacial score (nSPS) is 18.8. The maximum Gasteiger partial charge on any atom is 0.253 e. The standard InChI is InChI=1S/C49H76N4O8S/c1-12-34(6)47(40(60-10)31-45(58)52-29-19-22-38(52)48(61-11)35(7)41(62)25-24-36-20-15-13-16-21-36)51(9)49(59)37(32(2)3)30-39(54)46(33(4)5)50(8)42(55)23-17-14-18-28-53-43(56)26-27-44(53)57/h13,15-16,20-21,26-27,32-35,37-38,40,46-48H,12,14,17-19,22-25,28-31H2,1-11H3/t34-,35-,37-,38-,40+,46-,47-,48+/m0/s1. The number of unbranched alkanes of at least 4 members (excludes halogenated alkanes) is 2. The summed E-state index contributed by atoms with van der Waals surface area (Å²) in [6.45, 7) is 14.8. The van der Waals surface area contributed by atoms with Crippen LogP contribution >= 0.6 is 12.2 Å². The van der Waals surface area contributed by atoms with E-state index < -0.39 is 24.1 Å². The van der Waals surface area contributed by atoms with Crippen molar-refractivity contribution in [1.82, 2.24) is 19.6 Å². The third-order valence-electron chi connectivity index (χ3n) is 13.3. The summed E-state index contributed by atoms with van der Waals surface area (Å²) in [7, 11) is 6.70. The van der Waals surface area contributed by atoms with Gasteiger partial charge in [0.1, 0.15) is 0 Å². The number of rotatable bonds is 27. The van der Waals surface area contributed by atoms with Gasteiger partial charge >= 0.3 is 0 Å². The van der Waals surface area contributed by atoms with Crippen LogP contribution in [0.1, 0.15) is 118 Å². The Hall–Kier alpha value is -3.81. The second-order valence-electron chi connectivity index (χ2n) is 18.2. The first-order valence-electron chi connectivity index (χ1n) is 22.9. The number of amides is 5. The molecule has 5 amide bonds. The Morgan fingerprint density at radius 2 is 1.48 bits per heavy atom. The number of nitrogens with zero attached hydrogens (tertiary/aromatic N) is 4. The SMILES string of the molecule is CC[C@H](C)[C@@H]([C@@H](CC(=O)N1CCC[C@H]1[C@H](OC)[C@@H](C)C(=S)CCc1ccccc1)OC)N(C)C(=O)[C@@H](CC(=O)[C@H](C(C)C)N(C)C(=O)CCCCCN1C(=O)C=CC1=O)C(C)C. The van der Waals surface area contributed by atoms with Crippen LogP contribution in [0.5, 0.6) is 0 Å². The molecule has 13 heteroatoms. The van der Waals surface area contributed by atoms with Crippen LogP contribution in [-0.2, 0) is 44.7 Å². The van der Waals surface area contributed by atoms with Gasteiger partial charge in [0.05, 0.1) is 36.8 Å². The summed E-state index contributed by atoms with van der Waals surface area (Å²) in [5.74, 6) is -2.28. The number of aryl methyl sites for hydroxylation is 1. The lowest BCUT2D eigenvalue weighted by molar-refractivity contribution is -0.149. The van der Waals surface area contributed by atoms with E-state index in [0.29, 0.717) is 32.4 Å². The summed E-state index contributed by atoms with van der Waals surface area (Å²) < 4.78 is 12.2. The highest BCUT2D eigenvalue weighted by molar-refractivity contribution is 7.80. The second-order valence-corrected chi connectivity index (χ2v) is 18.8. The molecular formula is C49H76N4O8S. The molecule has 62 heavy (non-hydrogen) atoms. The Morgan fingerprint density at radius 1 is 0.839 bits per heavy atom. The summed E-state index contributed by atoms with van der Waals surface area (Å²) in [5, 5.41) is 0. The molecule has 1 saturated heterocycles. The van der Waals surface area contributed by atoms with Crippen molar-refractivity contribution in [2.75, 3.05) is 41.4 Å². The van der Waals surface area contributed by atoms with Crippen molar-refractivity contribution in [3.8, 4) is 0 Å². The number of benzene rings is 1. The molecule has 0 aromatic heterocycles. The zero-order chi connectivity index (χ0) is 46.3. The fourth-order valence-electron chi connectivity index (χ4n) is 9.43. The van der Waals surface area contributed by atoms with Gasteiger partial charge in [0.2, 0.25) is 17.7 Å². The zero-order valence-corrected chi connectivity index (χ0v) is 40.3. The van der Waals surface area contributed by atoms with Crippen LogP contribution in [0.15, 0.2) is 42.5 Å². The van der Waals surface area contributed by atoms with Gasteiger partial charge in [-0.1, -0.05) is 104 Å². The van der Waals surface area contributed by atoms with E-state index in [-0.39, 0.29) is 90.4 Å². The molecule has 2 heterocycles. The molecule has 1 aromatic rings. The number of methoxy groups -OCH3 is 2. The first-order valence-corrected chi connectivity index (χ1v) is 23.3. The summed E-state index contributed by atoms with van der Waals surface area (Å²) in [6.07, 6.45) is 7.76. The van der Waals surface area contributed by atoms with E-state index >= 15 is 0 Å². The molecule has 8 atom stereocenters. The molecule has 2 aliphatic heterocycles. The molecule has 3 rings (SSSR count). The van der Waals surface area contributed by atoms with E-state index in [0.717, 1.165) is 37.0 Å². The van der Waals surface area contributed by atoms with Gasteiger partial charge in [-0.3, -0.25) is 33.7 Å². The van der Waals surface area contributed by atoms with E-state index in [9.17, 15) is 28.8 Å². The summed E-state index contributed by atoms with van der Waals surface area (Å²) in [5.41, 5.74) is 1.23. The number of ketones is 1. The number of imide groups is 1. The molecule has 1 aromatic carbocycles. The van der Waals surface area contributed by atoms with E-state index in [1.165, 1.54) is 27.5 Å². The molecule has 0 spiro atoms. The number of likely N-dealkylation sites (N-methyl/N-ethyl adjacent to an activating group) is 2. The van der Waals surface area contributed by atoms with Gasteiger partial charge in [0, 0.05) is 78.2 Å². The topological polar surface area (TPSA) is 134 Å². The summed E-state index contributed by atoms with van der Waals surface area (Å²) >= 11 is 5.94. The van der Waals surface area contributed by atoms with E-state index in [1.54, 1.807) is 33.2 Å². The van der Waals surface area contributed by atoms with Crippen LogP contribution in [-0.4, -0.2) is 132 Å². The van der Waals surface area contributed by atoms with Gasteiger partial charge in [-0.05, 0) is 66.7 Å². The van der Waals surface area contributed by atoms with Gasteiger partial charge in [-0.25, -0.2) is 0 Å². The number of ether oxygens (including phenoxy) is 2. The molecule has 0 bridgehead atoms. The van der Waals surface area contributed by atoms with Crippen molar-refractivity contribution in [2.24, 2.45) is 29.6 Å². The molecule has 12 nitrogen and oxygen atoms in total. The molecule has 1 fully saturated rings. The van der Waals surface area contributed by atoms with E-state index in [1.807, 2.05) is 50.8 Å². The third kappa shape index (κ3) is 14.1. The highest BCUT2D eigenvalue weighted by atomic mass is 32.1. The van der Waals surface area contributed by atoms with Gasteiger partial charge in [0.15, 0.2) is 5.78 Å². The fraction of sp³-hybridized carbons (Fsp3) is 0.694. The average Bonchev–Trinajstić information content (AvgIpc) is 3.86. The zero-order valence-electron chi connectivity index (χ0n) is 39.5. The quantitative estimate of drug-likeness (QED) is 0.0515. The second kappa shape index (κ2) is 25.5. The third-order valence-corrected chi connectivity index (χ3v) is 13.9. The Labute approximate surface area is 377 Å². The molecule has 0 aliphatic carbocycles. The lowest BCUT2D eigenvalue weighted by Gasteiger charge is -2.41. The summed E-state index contributed by atoms with van der Waals surface area (Å²) in [6, 6.07) is 8.99. The highest BCUT2D eigenvalue weighted by Gasteiger charge is 2.43. The van der Waals surface area contributed by atoms with Crippen LogP contribution in [0.25, 0.3) is 0 Å². The lowest BCUT2D eigenvalue weighted by atomic mass is 9.83. The molecule has 0 unspecified atom stereocenters. The minimum atomic E-state index is -0.715. The van der Waals surface area contributed by atoms with Crippen molar-refractivity contribution >= 4 is 52.4 Å². The van der Waals surface area contributed by atoms with Crippen molar-refractivity contribution < 1.29 is 38.2 Å².